The number of pyridine rings is 1. The molecule has 180 valence electrons. The second-order valence-corrected chi connectivity index (χ2v) is 8.13. The van der Waals surface area contributed by atoms with Gasteiger partial charge in [-0.1, -0.05) is 18.2 Å². The summed E-state index contributed by atoms with van der Waals surface area (Å²) in [6.07, 6.45) is -2.12. The van der Waals surface area contributed by atoms with Gasteiger partial charge in [0.15, 0.2) is 0 Å². The standard InChI is InChI=1S/C22H28BF4N3O3/c1-15-11-16-12-17(23(31)32)3-5-19(16)21(30(15)14-22(25,26)27)20-6-4-18(13-29-20)33-10-9-28-8-2-7-24/h3-6,12-13,15,21,28,31-32H,2,7-11,14H2,1H3/t15-,21+/m1/s1. The van der Waals surface area contributed by atoms with Gasteiger partial charge in [-0.05, 0) is 55.0 Å². The van der Waals surface area contributed by atoms with E-state index in [9.17, 15) is 27.6 Å². The van der Waals surface area contributed by atoms with Gasteiger partial charge in [0.2, 0.25) is 0 Å². The molecule has 2 heterocycles. The average molecular weight is 469 g/mol. The fraction of sp³-hybridized carbons (Fsp3) is 0.500. The first-order chi connectivity index (χ1) is 15.7. The van der Waals surface area contributed by atoms with Crippen molar-refractivity contribution in [3.05, 3.63) is 53.3 Å². The van der Waals surface area contributed by atoms with Crippen LogP contribution < -0.4 is 15.5 Å². The summed E-state index contributed by atoms with van der Waals surface area (Å²) in [5, 5.41) is 22.0. The summed E-state index contributed by atoms with van der Waals surface area (Å²) in [6.45, 7) is 1.69. The molecule has 2 aromatic rings. The second kappa shape index (κ2) is 11.3. The third-order valence-electron chi connectivity index (χ3n) is 5.61. The van der Waals surface area contributed by atoms with Gasteiger partial charge < -0.3 is 20.1 Å². The van der Waals surface area contributed by atoms with Crippen molar-refractivity contribution in [2.75, 3.05) is 32.9 Å². The number of rotatable bonds is 10. The highest BCUT2D eigenvalue weighted by molar-refractivity contribution is 6.58. The minimum Gasteiger partial charge on any atom is -0.491 e. The number of alkyl halides is 4. The van der Waals surface area contributed by atoms with Gasteiger partial charge in [-0.25, -0.2) is 0 Å². The Balaban J connectivity index is 1.82. The molecule has 3 N–H and O–H groups in total. The molecule has 0 spiro atoms. The van der Waals surface area contributed by atoms with E-state index in [1.54, 1.807) is 31.2 Å². The highest BCUT2D eigenvalue weighted by atomic mass is 19.4. The van der Waals surface area contributed by atoms with Crippen LogP contribution in [0.2, 0.25) is 0 Å². The van der Waals surface area contributed by atoms with Crippen LogP contribution in [0.5, 0.6) is 5.75 Å². The zero-order valence-electron chi connectivity index (χ0n) is 18.4. The van der Waals surface area contributed by atoms with E-state index < -0.39 is 31.9 Å². The van der Waals surface area contributed by atoms with Crippen molar-refractivity contribution in [1.29, 1.82) is 0 Å². The van der Waals surface area contributed by atoms with Gasteiger partial charge in [0.1, 0.15) is 12.4 Å². The molecule has 1 aliphatic rings. The van der Waals surface area contributed by atoms with E-state index >= 15 is 0 Å². The summed E-state index contributed by atoms with van der Waals surface area (Å²) < 4.78 is 57.8. The van der Waals surface area contributed by atoms with Crippen LogP contribution in [0.25, 0.3) is 0 Å². The van der Waals surface area contributed by atoms with E-state index in [0.29, 0.717) is 55.0 Å². The molecule has 0 bridgehead atoms. The maximum absolute atomic E-state index is 13.4. The fourth-order valence-electron chi connectivity index (χ4n) is 4.08. The number of benzene rings is 1. The summed E-state index contributed by atoms with van der Waals surface area (Å²) in [5.41, 5.74) is 2.15. The van der Waals surface area contributed by atoms with Gasteiger partial charge in [0.25, 0.3) is 0 Å². The molecule has 0 amide bonds. The quantitative estimate of drug-likeness (QED) is 0.281. The maximum atomic E-state index is 13.4. The van der Waals surface area contributed by atoms with Crippen molar-refractivity contribution < 1.29 is 32.3 Å². The predicted octanol–water partition coefficient (Wildman–Crippen LogP) is 1.99. The number of hydrogen-bond donors (Lipinski definition) is 3. The molecule has 0 unspecified atom stereocenters. The number of fused-ring (bicyclic) bond motifs is 1. The van der Waals surface area contributed by atoms with Gasteiger partial charge in [0, 0.05) is 12.6 Å². The van der Waals surface area contributed by atoms with Gasteiger partial charge in [-0.2, -0.15) is 13.2 Å². The van der Waals surface area contributed by atoms with Gasteiger partial charge >= 0.3 is 13.3 Å². The predicted molar refractivity (Wildman–Crippen MR) is 117 cm³/mol. The Labute approximate surface area is 190 Å². The summed E-state index contributed by atoms with van der Waals surface area (Å²) in [7, 11) is -1.65. The van der Waals surface area contributed by atoms with E-state index in [1.165, 1.54) is 17.2 Å². The first-order valence-corrected chi connectivity index (χ1v) is 10.9. The lowest BCUT2D eigenvalue weighted by Gasteiger charge is -2.42. The fourth-order valence-corrected chi connectivity index (χ4v) is 4.08. The Morgan fingerprint density at radius 3 is 2.64 bits per heavy atom. The number of nitrogens with zero attached hydrogens (tertiary/aromatic N) is 2. The Kier molecular flexibility index (Phi) is 8.69. The van der Waals surface area contributed by atoms with Crippen LogP contribution >= 0.6 is 0 Å². The van der Waals surface area contributed by atoms with Crippen LogP contribution in [0, 0.1) is 0 Å². The first-order valence-electron chi connectivity index (χ1n) is 10.9. The van der Waals surface area contributed by atoms with E-state index in [4.69, 9.17) is 4.74 Å². The molecule has 0 radical (unpaired) electrons. The summed E-state index contributed by atoms with van der Waals surface area (Å²) in [5.74, 6) is 0.483. The van der Waals surface area contributed by atoms with Gasteiger partial charge in [-0.15, -0.1) is 0 Å². The van der Waals surface area contributed by atoms with Crippen molar-refractivity contribution in [2.45, 2.75) is 38.0 Å². The zero-order valence-corrected chi connectivity index (χ0v) is 18.4. The third kappa shape index (κ3) is 6.89. The normalized spacial score (nSPS) is 18.8. The SMILES string of the molecule is C[C@@H]1Cc2cc(B(O)O)ccc2[C@@H](c2ccc(OCCNCCCF)cn2)N1CC(F)(F)F. The molecule has 0 aliphatic carbocycles. The Morgan fingerprint density at radius 2 is 2.00 bits per heavy atom. The molecule has 1 aromatic carbocycles. The number of ether oxygens (including phenoxy) is 1. The monoisotopic (exact) mass is 469 g/mol. The van der Waals surface area contributed by atoms with Crippen LogP contribution in [0.4, 0.5) is 17.6 Å². The molecule has 0 saturated heterocycles. The molecule has 0 fully saturated rings. The minimum absolute atomic E-state index is 0.292. The first kappa shape index (κ1) is 25.4. The van der Waals surface area contributed by atoms with Crippen LogP contribution in [0.3, 0.4) is 0 Å². The highest BCUT2D eigenvalue weighted by Gasteiger charge is 2.41. The largest absolute Gasteiger partial charge is 0.491 e. The lowest BCUT2D eigenvalue weighted by Crippen LogP contribution is -2.47. The van der Waals surface area contributed by atoms with Crippen LogP contribution in [0.1, 0.15) is 36.2 Å². The Hall–Kier alpha value is -2.21. The number of hydrogen-bond acceptors (Lipinski definition) is 6. The molecular weight excluding hydrogens is 441 g/mol. The smallest absolute Gasteiger partial charge is 0.488 e. The van der Waals surface area contributed by atoms with Crippen molar-refractivity contribution in [2.24, 2.45) is 0 Å². The molecule has 3 rings (SSSR count). The zero-order chi connectivity index (χ0) is 24.0. The molecule has 0 saturated carbocycles. The van der Waals surface area contributed by atoms with Crippen molar-refractivity contribution in [3.8, 4) is 5.75 Å². The number of halogens is 4. The lowest BCUT2D eigenvalue weighted by molar-refractivity contribution is -0.155. The third-order valence-corrected chi connectivity index (χ3v) is 5.61. The molecule has 1 aliphatic heterocycles. The van der Waals surface area contributed by atoms with E-state index in [-0.39, 0.29) is 6.67 Å². The molecule has 11 heteroatoms. The molecule has 1 aromatic heterocycles. The Bertz CT molecular complexity index is 899. The highest BCUT2D eigenvalue weighted by Crippen LogP contribution is 2.38. The Morgan fingerprint density at radius 1 is 1.21 bits per heavy atom. The van der Waals surface area contributed by atoms with Gasteiger partial charge in [-0.3, -0.25) is 14.3 Å². The second-order valence-electron chi connectivity index (χ2n) is 8.13. The topological polar surface area (TPSA) is 77.8 Å². The summed E-state index contributed by atoms with van der Waals surface area (Å²) in [4.78, 5) is 5.77. The van der Waals surface area contributed by atoms with Crippen LogP contribution in [-0.4, -0.2) is 72.2 Å². The number of nitrogens with one attached hydrogen (secondary N) is 1. The maximum Gasteiger partial charge on any atom is 0.488 e. The minimum atomic E-state index is -4.39. The van der Waals surface area contributed by atoms with Crippen LogP contribution in [0.15, 0.2) is 36.5 Å². The average Bonchev–Trinajstić information content (AvgIpc) is 2.76. The summed E-state index contributed by atoms with van der Waals surface area (Å²) in [6, 6.07) is 6.90. The molecule has 2 atom stereocenters. The lowest BCUT2D eigenvalue weighted by atomic mass is 9.76. The van der Waals surface area contributed by atoms with E-state index in [1.807, 2.05) is 0 Å². The van der Waals surface area contributed by atoms with Crippen molar-refractivity contribution in [1.82, 2.24) is 15.2 Å². The van der Waals surface area contributed by atoms with E-state index in [2.05, 4.69) is 10.3 Å². The number of aromatic nitrogens is 1. The van der Waals surface area contributed by atoms with Crippen LogP contribution in [-0.2, 0) is 6.42 Å². The molecular formula is C22H28BF4N3O3. The summed E-state index contributed by atoms with van der Waals surface area (Å²) >= 11 is 0. The van der Waals surface area contributed by atoms with Crippen molar-refractivity contribution in [3.63, 3.8) is 0 Å². The molecule has 33 heavy (non-hydrogen) atoms. The van der Waals surface area contributed by atoms with Gasteiger partial charge in [0.05, 0.1) is 31.2 Å². The molecule has 6 nitrogen and oxygen atoms in total. The van der Waals surface area contributed by atoms with E-state index in [0.717, 1.165) is 5.56 Å². The van der Waals surface area contributed by atoms with Crippen molar-refractivity contribution >= 4 is 12.6 Å².